The smallest absolute Gasteiger partial charge is 0.246 e. The topological polar surface area (TPSA) is 65.0 Å². The molecule has 0 saturated carbocycles. The number of amides is 2. The van der Waals surface area contributed by atoms with Gasteiger partial charge in [-0.3, -0.25) is 19.5 Å². The summed E-state index contributed by atoms with van der Waals surface area (Å²) in [5, 5.41) is 2.99. The molecular weight excluding hydrogens is 424 g/mol. The average molecular weight is 453 g/mol. The van der Waals surface area contributed by atoms with Crippen molar-refractivity contribution < 1.29 is 9.59 Å². The molecule has 5 rings (SSSR count). The van der Waals surface area contributed by atoms with Crippen LogP contribution in [0.3, 0.4) is 0 Å². The molecule has 3 aromatic carbocycles. The number of piperazine rings is 1. The molecule has 0 atom stereocenters. The summed E-state index contributed by atoms with van der Waals surface area (Å²) in [5.41, 5.74) is 7.00. The summed E-state index contributed by atoms with van der Waals surface area (Å²) in [4.78, 5) is 32.8. The molecule has 0 radical (unpaired) electrons. The van der Waals surface area contributed by atoms with Crippen LogP contribution >= 0.6 is 0 Å². The fourth-order valence-electron chi connectivity index (χ4n) is 4.63. The Balaban J connectivity index is 1.42. The van der Waals surface area contributed by atoms with E-state index in [1.54, 1.807) is 6.92 Å². The third-order valence-electron chi connectivity index (χ3n) is 6.46. The molecule has 2 aliphatic rings. The Morgan fingerprint density at radius 2 is 1.62 bits per heavy atom. The van der Waals surface area contributed by atoms with E-state index in [1.165, 1.54) is 5.56 Å². The highest BCUT2D eigenvalue weighted by molar-refractivity contribution is 6.19. The normalized spacial score (nSPS) is 16.3. The second-order valence-electron chi connectivity index (χ2n) is 8.82. The molecule has 0 unspecified atom stereocenters. The lowest BCUT2D eigenvalue weighted by molar-refractivity contribution is -0.130. The van der Waals surface area contributed by atoms with Gasteiger partial charge < -0.3 is 10.2 Å². The lowest BCUT2D eigenvalue weighted by atomic mass is 9.95. The van der Waals surface area contributed by atoms with Crippen LogP contribution < -0.4 is 5.32 Å². The summed E-state index contributed by atoms with van der Waals surface area (Å²) in [7, 11) is 0. The highest BCUT2D eigenvalue weighted by Gasteiger charge is 2.20. The van der Waals surface area contributed by atoms with Gasteiger partial charge in [-0.2, -0.15) is 0 Å². The van der Waals surface area contributed by atoms with Gasteiger partial charge in [0.1, 0.15) is 6.54 Å². The van der Waals surface area contributed by atoms with Crippen LogP contribution in [-0.2, 0) is 16.1 Å². The predicted molar refractivity (Wildman–Crippen MR) is 135 cm³/mol. The molecule has 6 heteroatoms. The minimum Gasteiger partial charge on any atom is -0.340 e. The number of carbonyl (C=O) groups excluding carboxylic acids is 2. The van der Waals surface area contributed by atoms with Crippen LogP contribution in [0.1, 0.15) is 23.6 Å². The third kappa shape index (κ3) is 4.77. The first kappa shape index (κ1) is 22.0. The summed E-state index contributed by atoms with van der Waals surface area (Å²) in [6.07, 6.45) is 0. The molecule has 0 aliphatic carbocycles. The number of nitrogens with zero attached hydrogens (tertiary/aromatic N) is 3. The molecule has 2 aliphatic heterocycles. The van der Waals surface area contributed by atoms with Gasteiger partial charge in [-0.25, -0.2) is 0 Å². The monoisotopic (exact) mass is 452 g/mol. The number of hydrogen-bond donors (Lipinski definition) is 1. The largest absolute Gasteiger partial charge is 0.340 e. The van der Waals surface area contributed by atoms with E-state index in [9.17, 15) is 9.59 Å². The molecule has 1 fully saturated rings. The van der Waals surface area contributed by atoms with Gasteiger partial charge in [-0.1, -0.05) is 54.6 Å². The van der Waals surface area contributed by atoms with Crippen LogP contribution in [-0.4, -0.2) is 60.0 Å². The van der Waals surface area contributed by atoms with Crippen molar-refractivity contribution in [2.45, 2.75) is 13.5 Å². The number of rotatable bonds is 4. The first-order valence-electron chi connectivity index (χ1n) is 11.7. The highest BCUT2D eigenvalue weighted by atomic mass is 16.2. The molecular formula is C28H28N4O2. The van der Waals surface area contributed by atoms with Crippen LogP contribution in [0.4, 0.5) is 5.69 Å². The lowest BCUT2D eigenvalue weighted by Crippen LogP contribution is -2.47. The van der Waals surface area contributed by atoms with E-state index in [-0.39, 0.29) is 18.4 Å². The Kier molecular flexibility index (Phi) is 6.23. The Labute approximate surface area is 199 Å². The second-order valence-corrected chi connectivity index (χ2v) is 8.82. The number of carbonyl (C=O) groups is 2. The van der Waals surface area contributed by atoms with Gasteiger partial charge in [0.05, 0.1) is 11.4 Å². The van der Waals surface area contributed by atoms with Crippen LogP contribution in [0.2, 0.25) is 0 Å². The summed E-state index contributed by atoms with van der Waals surface area (Å²) < 4.78 is 0. The van der Waals surface area contributed by atoms with Gasteiger partial charge in [0.15, 0.2) is 0 Å². The van der Waals surface area contributed by atoms with Crippen LogP contribution in [0.15, 0.2) is 77.8 Å². The van der Waals surface area contributed by atoms with Crippen molar-refractivity contribution >= 4 is 23.2 Å². The summed E-state index contributed by atoms with van der Waals surface area (Å²) in [6.45, 7) is 5.95. The Morgan fingerprint density at radius 3 is 2.38 bits per heavy atom. The van der Waals surface area contributed by atoms with E-state index in [1.807, 2.05) is 41.3 Å². The number of nitrogens with one attached hydrogen (secondary N) is 1. The van der Waals surface area contributed by atoms with Gasteiger partial charge in [0.2, 0.25) is 11.8 Å². The zero-order valence-electron chi connectivity index (χ0n) is 19.3. The standard InChI is InChI=1S/C28H28N4O2/c1-20(33)32-14-12-31(13-15-32)19-21-6-5-9-23(16-21)24-10-11-26-25(17-24)28(29-18-27(34)30-26)22-7-3-2-4-8-22/h2-11,16-17H,12-15,18-19H2,1H3,(H,30,34). The van der Waals surface area contributed by atoms with E-state index in [4.69, 9.17) is 0 Å². The quantitative estimate of drug-likeness (QED) is 0.655. The first-order valence-corrected chi connectivity index (χ1v) is 11.7. The highest BCUT2D eigenvalue weighted by Crippen LogP contribution is 2.29. The molecule has 6 nitrogen and oxygen atoms in total. The Bertz CT molecular complexity index is 1240. The average Bonchev–Trinajstić information content (AvgIpc) is 3.02. The summed E-state index contributed by atoms with van der Waals surface area (Å²) in [5.74, 6) is 0.0475. The summed E-state index contributed by atoms with van der Waals surface area (Å²) in [6, 6.07) is 24.7. The van der Waals surface area contributed by atoms with Gasteiger partial charge >= 0.3 is 0 Å². The van der Waals surface area contributed by atoms with E-state index in [2.05, 4.69) is 51.6 Å². The Morgan fingerprint density at radius 1 is 0.882 bits per heavy atom. The fourth-order valence-corrected chi connectivity index (χ4v) is 4.63. The maximum Gasteiger partial charge on any atom is 0.246 e. The van der Waals surface area contributed by atoms with Crippen molar-refractivity contribution in [3.05, 3.63) is 89.5 Å². The minimum absolute atomic E-state index is 0.105. The van der Waals surface area contributed by atoms with Crippen molar-refractivity contribution in [2.75, 3.05) is 38.0 Å². The van der Waals surface area contributed by atoms with E-state index < -0.39 is 0 Å². The number of fused-ring (bicyclic) bond motifs is 1. The molecule has 2 heterocycles. The fraction of sp³-hybridized carbons (Fsp3) is 0.250. The summed E-state index contributed by atoms with van der Waals surface area (Å²) >= 11 is 0. The van der Waals surface area contributed by atoms with Gasteiger partial charge in [0, 0.05) is 50.8 Å². The molecule has 1 saturated heterocycles. The van der Waals surface area contributed by atoms with Crippen molar-refractivity contribution in [3.8, 4) is 11.1 Å². The SMILES string of the molecule is CC(=O)N1CCN(Cc2cccc(-c3ccc4c(c3)C(c3ccccc3)=NCC(=O)N4)c2)CC1. The number of aliphatic imine (C=N–C) groups is 1. The van der Waals surface area contributed by atoms with E-state index in [0.717, 1.165) is 66.4 Å². The van der Waals surface area contributed by atoms with Gasteiger partial charge in [-0.05, 0) is 34.9 Å². The van der Waals surface area contributed by atoms with Crippen LogP contribution in [0.25, 0.3) is 11.1 Å². The first-order chi connectivity index (χ1) is 16.6. The zero-order chi connectivity index (χ0) is 23.5. The molecule has 0 aromatic heterocycles. The van der Waals surface area contributed by atoms with Crippen molar-refractivity contribution in [1.29, 1.82) is 0 Å². The minimum atomic E-state index is -0.105. The molecule has 2 amide bonds. The third-order valence-corrected chi connectivity index (χ3v) is 6.46. The molecule has 34 heavy (non-hydrogen) atoms. The van der Waals surface area contributed by atoms with E-state index in [0.29, 0.717) is 0 Å². The molecule has 3 aromatic rings. The molecule has 0 bridgehead atoms. The zero-order valence-corrected chi connectivity index (χ0v) is 19.3. The number of benzodiazepines with no additional fused rings is 1. The van der Waals surface area contributed by atoms with Crippen LogP contribution in [0.5, 0.6) is 0 Å². The van der Waals surface area contributed by atoms with Gasteiger partial charge in [0.25, 0.3) is 0 Å². The molecule has 0 spiro atoms. The number of anilines is 1. The maximum atomic E-state index is 12.2. The van der Waals surface area contributed by atoms with Crippen LogP contribution in [0, 0.1) is 0 Å². The van der Waals surface area contributed by atoms with Gasteiger partial charge in [-0.15, -0.1) is 0 Å². The Hall–Kier alpha value is -3.77. The van der Waals surface area contributed by atoms with Crippen molar-refractivity contribution in [1.82, 2.24) is 9.80 Å². The van der Waals surface area contributed by atoms with Crippen molar-refractivity contribution in [2.24, 2.45) is 4.99 Å². The molecule has 1 N–H and O–H groups in total. The predicted octanol–water partition coefficient (Wildman–Crippen LogP) is 3.81. The second kappa shape index (κ2) is 9.61. The van der Waals surface area contributed by atoms with E-state index >= 15 is 0 Å². The maximum absolute atomic E-state index is 12.2. The number of hydrogen-bond acceptors (Lipinski definition) is 4. The number of benzene rings is 3. The lowest BCUT2D eigenvalue weighted by Gasteiger charge is -2.34. The van der Waals surface area contributed by atoms with Crippen molar-refractivity contribution in [3.63, 3.8) is 0 Å². The molecule has 172 valence electrons.